The van der Waals surface area contributed by atoms with Crippen LogP contribution in [0.1, 0.15) is 16.8 Å². The van der Waals surface area contributed by atoms with Crippen molar-refractivity contribution < 1.29 is 4.39 Å². The first-order valence-electron chi connectivity index (χ1n) is 7.21. The fourth-order valence-electron chi connectivity index (χ4n) is 2.58. The van der Waals surface area contributed by atoms with Crippen molar-refractivity contribution in [3.63, 3.8) is 0 Å². The lowest BCUT2D eigenvalue weighted by molar-refractivity contribution is 0.628. The molecule has 0 aliphatic rings. The molecule has 0 radical (unpaired) electrons. The number of hydrogen-bond donors (Lipinski definition) is 1. The number of aryl methyl sites for hydroxylation is 2. The summed E-state index contributed by atoms with van der Waals surface area (Å²) in [5.74, 6) is -0.250. The maximum absolute atomic E-state index is 13.2. The highest BCUT2D eigenvalue weighted by molar-refractivity contribution is 5.63. The van der Waals surface area contributed by atoms with Crippen molar-refractivity contribution in [2.75, 3.05) is 0 Å². The van der Waals surface area contributed by atoms with E-state index in [0.717, 1.165) is 28.2 Å². The molecule has 4 heteroatoms. The highest BCUT2D eigenvalue weighted by Gasteiger charge is 2.13. The van der Waals surface area contributed by atoms with Crippen LogP contribution in [0.15, 0.2) is 48.5 Å². The number of hydrogen-bond acceptors (Lipinski definition) is 2. The van der Waals surface area contributed by atoms with E-state index in [4.69, 9.17) is 5.73 Å². The molecule has 3 rings (SSSR count). The zero-order valence-corrected chi connectivity index (χ0v) is 12.7. The first-order chi connectivity index (χ1) is 10.6. The van der Waals surface area contributed by atoms with Crippen molar-refractivity contribution in [3.05, 3.63) is 71.2 Å². The average molecular weight is 295 g/mol. The lowest BCUT2D eigenvalue weighted by Gasteiger charge is -2.11. The number of benzene rings is 2. The third-order valence-electron chi connectivity index (χ3n) is 3.69. The maximum atomic E-state index is 13.2. The Kier molecular flexibility index (Phi) is 3.77. The Morgan fingerprint density at radius 1 is 1.05 bits per heavy atom. The Hall–Kier alpha value is -2.46. The quantitative estimate of drug-likeness (QED) is 0.799. The lowest BCUT2D eigenvalue weighted by Crippen LogP contribution is -2.03. The van der Waals surface area contributed by atoms with Gasteiger partial charge in [0.15, 0.2) is 0 Å². The third-order valence-corrected chi connectivity index (χ3v) is 3.69. The molecule has 1 aromatic heterocycles. The van der Waals surface area contributed by atoms with Gasteiger partial charge < -0.3 is 5.73 Å². The third kappa shape index (κ3) is 2.65. The number of rotatable bonds is 3. The molecular formula is C18H18FN3. The Bertz CT molecular complexity index is 804. The molecule has 0 bridgehead atoms. The second kappa shape index (κ2) is 5.73. The van der Waals surface area contributed by atoms with E-state index in [0.29, 0.717) is 6.54 Å². The number of nitrogens with zero attached hydrogens (tertiary/aromatic N) is 2. The van der Waals surface area contributed by atoms with Crippen molar-refractivity contribution >= 4 is 0 Å². The molecule has 2 aromatic carbocycles. The molecule has 0 fully saturated rings. The molecule has 3 nitrogen and oxygen atoms in total. The summed E-state index contributed by atoms with van der Waals surface area (Å²) in [6, 6.07) is 14.6. The molecule has 112 valence electrons. The molecule has 0 spiro atoms. The standard InChI is InChI=1S/C18H18FN3/c1-12-3-8-17(13(2)9-12)22-18(10-16(11-20)21-22)14-4-6-15(19)7-5-14/h3-10H,11,20H2,1-2H3. The van der Waals surface area contributed by atoms with Crippen molar-refractivity contribution in [2.45, 2.75) is 20.4 Å². The predicted molar refractivity (Wildman–Crippen MR) is 86.3 cm³/mol. The largest absolute Gasteiger partial charge is 0.325 e. The summed E-state index contributed by atoms with van der Waals surface area (Å²) in [7, 11) is 0. The second-order valence-corrected chi connectivity index (χ2v) is 5.43. The summed E-state index contributed by atoms with van der Waals surface area (Å²) in [6.07, 6.45) is 0. The minimum Gasteiger partial charge on any atom is -0.325 e. The van der Waals surface area contributed by atoms with Crippen LogP contribution in [0.2, 0.25) is 0 Å². The minimum absolute atomic E-state index is 0.250. The lowest BCUT2D eigenvalue weighted by atomic mass is 10.1. The highest BCUT2D eigenvalue weighted by atomic mass is 19.1. The molecule has 0 aliphatic carbocycles. The molecule has 0 amide bonds. The van der Waals surface area contributed by atoms with E-state index in [1.165, 1.54) is 17.7 Å². The molecule has 1 heterocycles. The minimum atomic E-state index is -0.250. The Labute approximate surface area is 129 Å². The Balaban J connectivity index is 2.18. The first-order valence-corrected chi connectivity index (χ1v) is 7.21. The van der Waals surface area contributed by atoms with Gasteiger partial charge in [-0.3, -0.25) is 0 Å². The highest BCUT2D eigenvalue weighted by Crippen LogP contribution is 2.26. The van der Waals surface area contributed by atoms with Crippen LogP contribution in [0.3, 0.4) is 0 Å². The average Bonchev–Trinajstić information content (AvgIpc) is 2.92. The number of nitrogens with two attached hydrogens (primary N) is 1. The summed E-state index contributed by atoms with van der Waals surface area (Å²) in [4.78, 5) is 0. The zero-order valence-electron chi connectivity index (χ0n) is 12.7. The molecule has 0 saturated heterocycles. The van der Waals surface area contributed by atoms with Crippen LogP contribution in [0, 0.1) is 19.7 Å². The molecular weight excluding hydrogens is 277 g/mol. The SMILES string of the molecule is Cc1ccc(-n2nc(CN)cc2-c2ccc(F)cc2)c(C)c1. The first kappa shape index (κ1) is 14.5. The van der Waals surface area contributed by atoms with Gasteiger partial charge in [0.2, 0.25) is 0 Å². The van der Waals surface area contributed by atoms with Gasteiger partial charge >= 0.3 is 0 Å². The fourth-order valence-corrected chi connectivity index (χ4v) is 2.58. The van der Waals surface area contributed by atoms with E-state index in [1.54, 1.807) is 12.1 Å². The van der Waals surface area contributed by atoms with E-state index >= 15 is 0 Å². The van der Waals surface area contributed by atoms with Gasteiger partial charge in [0.05, 0.1) is 17.1 Å². The van der Waals surface area contributed by atoms with E-state index in [-0.39, 0.29) is 5.82 Å². The van der Waals surface area contributed by atoms with Crippen LogP contribution >= 0.6 is 0 Å². The van der Waals surface area contributed by atoms with Crippen LogP contribution < -0.4 is 5.73 Å². The smallest absolute Gasteiger partial charge is 0.123 e. The number of halogens is 1. The van der Waals surface area contributed by atoms with Gasteiger partial charge in [-0.25, -0.2) is 9.07 Å². The van der Waals surface area contributed by atoms with Crippen molar-refractivity contribution in [1.29, 1.82) is 0 Å². The molecule has 0 aliphatic heterocycles. The summed E-state index contributed by atoms with van der Waals surface area (Å²) in [5.41, 5.74) is 11.7. The topological polar surface area (TPSA) is 43.8 Å². The molecule has 0 unspecified atom stereocenters. The van der Waals surface area contributed by atoms with E-state index in [2.05, 4.69) is 31.1 Å². The fraction of sp³-hybridized carbons (Fsp3) is 0.167. The van der Waals surface area contributed by atoms with Gasteiger partial charge in [-0.1, -0.05) is 17.7 Å². The molecule has 0 atom stereocenters. The predicted octanol–water partition coefficient (Wildman–Crippen LogP) is 3.75. The van der Waals surface area contributed by atoms with Gasteiger partial charge in [0, 0.05) is 12.1 Å². The Morgan fingerprint density at radius 2 is 1.77 bits per heavy atom. The monoisotopic (exact) mass is 295 g/mol. The summed E-state index contributed by atoms with van der Waals surface area (Å²) < 4.78 is 15.0. The van der Waals surface area contributed by atoms with E-state index in [1.807, 2.05) is 16.8 Å². The van der Waals surface area contributed by atoms with Gasteiger partial charge in [-0.05, 0) is 55.8 Å². The summed E-state index contributed by atoms with van der Waals surface area (Å²) in [6.45, 7) is 4.48. The van der Waals surface area contributed by atoms with Gasteiger partial charge in [0.25, 0.3) is 0 Å². The zero-order chi connectivity index (χ0) is 15.7. The van der Waals surface area contributed by atoms with E-state index < -0.39 is 0 Å². The molecule has 0 saturated carbocycles. The van der Waals surface area contributed by atoms with Gasteiger partial charge in [-0.15, -0.1) is 0 Å². The van der Waals surface area contributed by atoms with Crippen LogP contribution in [0.25, 0.3) is 16.9 Å². The normalized spacial score (nSPS) is 10.9. The maximum Gasteiger partial charge on any atom is 0.123 e. The van der Waals surface area contributed by atoms with Gasteiger partial charge in [0.1, 0.15) is 5.82 Å². The van der Waals surface area contributed by atoms with Gasteiger partial charge in [-0.2, -0.15) is 5.10 Å². The number of aromatic nitrogens is 2. The van der Waals surface area contributed by atoms with Crippen molar-refractivity contribution in [2.24, 2.45) is 5.73 Å². The van der Waals surface area contributed by atoms with Crippen molar-refractivity contribution in [3.8, 4) is 16.9 Å². The van der Waals surface area contributed by atoms with Crippen molar-refractivity contribution in [1.82, 2.24) is 9.78 Å². The Morgan fingerprint density at radius 3 is 2.41 bits per heavy atom. The van der Waals surface area contributed by atoms with Crippen LogP contribution in [-0.4, -0.2) is 9.78 Å². The summed E-state index contributed by atoms with van der Waals surface area (Å²) in [5, 5.41) is 4.59. The van der Waals surface area contributed by atoms with Crippen LogP contribution in [0.5, 0.6) is 0 Å². The van der Waals surface area contributed by atoms with Crippen LogP contribution in [0.4, 0.5) is 4.39 Å². The summed E-state index contributed by atoms with van der Waals surface area (Å²) >= 11 is 0. The van der Waals surface area contributed by atoms with E-state index in [9.17, 15) is 4.39 Å². The molecule has 22 heavy (non-hydrogen) atoms. The molecule has 3 aromatic rings. The van der Waals surface area contributed by atoms with Crippen LogP contribution in [-0.2, 0) is 6.54 Å². The second-order valence-electron chi connectivity index (χ2n) is 5.43. The molecule has 2 N–H and O–H groups in total.